The number of aryl methyl sites for hydroxylation is 1. The van der Waals surface area contributed by atoms with E-state index in [-0.39, 0.29) is 51.3 Å². The van der Waals surface area contributed by atoms with E-state index in [9.17, 15) is 19.2 Å². The van der Waals surface area contributed by atoms with Gasteiger partial charge in [0.2, 0.25) is 5.91 Å². The van der Waals surface area contributed by atoms with Gasteiger partial charge in [-0.1, -0.05) is 23.7 Å². The first kappa shape index (κ1) is 26.9. The number of aliphatic carboxylic acids is 1. The largest absolute Gasteiger partial charge is 0.481 e. The van der Waals surface area contributed by atoms with Crippen molar-refractivity contribution < 1.29 is 29.0 Å². The van der Waals surface area contributed by atoms with Crippen LogP contribution in [0.2, 0.25) is 5.02 Å². The van der Waals surface area contributed by atoms with Crippen LogP contribution in [0.3, 0.4) is 0 Å². The standard InChI is InChI=1S/C24H28ClN5O6/c1-3-36-24(35)30-11-9-29(10-12-30)23(34)18(7-8-20(31)32)28-22(33)19-13-15(2)26-21(27-19)16-5-4-6-17(25)14-16/h4-6,13-14,18H,3,7-12H2,1-2H3,(H,28,33)(H,31,32). The average Bonchev–Trinajstić information content (AvgIpc) is 2.85. The lowest BCUT2D eigenvalue weighted by Gasteiger charge is -2.35. The van der Waals surface area contributed by atoms with Gasteiger partial charge in [-0.25, -0.2) is 14.8 Å². The molecule has 1 aliphatic rings. The number of nitrogens with one attached hydrogen (secondary N) is 1. The van der Waals surface area contributed by atoms with Gasteiger partial charge in [-0.05, 0) is 38.5 Å². The molecule has 1 atom stereocenters. The molecule has 2 N–H and O–H groups in total. The first-order chi connectivity index (χ1) is 17.2. The summed E-state index contributed by atoms with van der Waals surface area (Å²) in [4.78, 5) is 61.1. The minimum atomic E-state index is -1.09. The Balaban J connectivity index is 1.75. The lowest BCUT2D eigenvalue weighted by atomic mass is 10.1. The number of carbonyl (C=O) groups excluding carboxylic acids is 3. The topological polar surface area (TPSA) is 142 Å². The summed E-state index contributed by atoms with van der Waals surface area (Å²) in [6.45, 7) is 4.71. The summed E-state index contributed by atoms with van der Waals surface area (Å²) in [6.07, 6.45) is -0.853. The minimum absolute atomic E-state index is 0.0396. The molecule has 12 heteroatoms. The third-order valence-electron chi connectivity index (χ3n) is 5.54. The van der Waals surface area contributed by atoms with Crippen molar-refractivity contribution in [3.63, 3.8) is 0 Å². The van der Waals surface area contributed by atoms with Gasteiger partial charge in [0.15, 0.2) is 5.82 Å². The molecule has 0 radical (unpaired) electrons. The number of rotatable bonds is 8. The van der Waals surface area contributed by atoms with E-state index in [1.165, 1.54) is 15.9 Å². The molecule has 0 bridgehead atoms. The maximum absolute atomic E-state index is 13.2. The van der Waals surface area contributed by atoms with Gasteiger partial charge in [-0.15, -0.1) is 0 Å². The minimum Gasteiger partial charge on any atom is -0.481 e. The number of hydrogen-bond acceptors (Lipinski definition) is 7. The molecule has 1 saturated heterocycles. The van der Waals surface area contributed by atoms with Crippen molar-refractivity contribution in [2.75, 3.05) is 32.8 Å². The molecule has 0 aliphatic carbocycles. The van der Waals surface area contributed by atoms with Gasteiger partial charge in [0.1, 0.15) is 11.7 Å². The summed E-state index contributed by atoms with van der Waals surface area (Å²) in [5.74, 6) is -1.84. The number of carbonyl (C=O) groups is 4. The highest BCUT2D eigenvalue weighted by Crippen LogP contribution is 2.20. The van der Waals surface area contributed by atoms with Crippen LogP contribution in [0, 0.1) is 6.92 Å². The smallest absolute Gasteiger partial charge is 0.409 e. The molecular formula is C24H28ClN5O6. The van der Waals surface area contributed by atoms with Crippen LogP contribution in [0.4, 0.5) is 4.79 Å². The summed E-state index contributed by atoms with van der Waals surface area (Å²) >= 11 is 6.06. The second kappa shape index (κ2) is 12.3. The number of carboxylic acids is 1. The Morgan fingerprint density at radius 2 is 1.81 bits per heavy atom. The van der Waals surface area contributed by atoms with Crippen molar-refractivity contribution in [1.29, 1.82) is 0 Å². The molecule has 2 heterocycles. The molecular weight excluding hydrogens is 490 g/mol. The van der Waals surface area contributed by atoms with Gasteiger partial charge < -0.3 is 25.0 Å². The van der Waals surface area contributed by atoms with Crippen molar-refractivity contribution in [3.05, 3.63) is 46.7 Å². The number of nitrogens with zero attached hydrogens (tertiary/aromatic N) is 4. The molecule has 1 aromatic carbocycles. The Labute approximate surface area is 213 Å². The molecule has 192 valence electrons. The lowest BCUT2D eigenvalue weighted by molar-refractivity contribution is -0.138. The number of carboxylic acid groups (broad SMARTS) is 1. The molecule has 1 fully saturated rings. The maximum atomic E-state index is 13.2. The Morgan fingerprint density at radius 3 is 2.44 bits per heavy atom. The fourth-order valence-corrected chi connectivity index (χ4v) is 3.93. The van der Waals surface area contributed by atoms with Crippen molar-refractivity contribution in [2.24, 2.45) is 0 Å². The number of amides is 3. The molecule has 0 saturated carbocycles. The summed E-state index contributed by atoms with van der Waals surface area (Å²) in [7, 11) is 0. The summed E-state index contributed by atoms with van der Waals surface area (Å²) in [5, 5.41) is 12.3. The molecule has 0 spiro atoms. The van der Waals surface area contributed by atoms with E-state index in [1.54, 1.807) is 38.1 Å². The maximum Gasteiger partial charge on any atom is 0.409 e. The van der Waals surface area contributed by atoms with Crippen LogP contribution in [0.15, 0.2) is 30.3 Å². The van der Waals surface area contributed by atoms with Gasteiger partial charge in [0.25, 0.3) is 5.91 Å². The van der Waals surface area contributed by atoms with Crippen molar-refractivity contribution in [3.8, 4) is 11.4 Å². The average molecular weight is 518 g/mol. The van der Waals surface area contributed by atoms with Gasteiger partial charge in [0, 0.05) is 48.9 Å². The van der Waals surface area contributed by atoms with Crippen molar-refractivity contribution in [1.82, 2.24) is 25.1 Å². The van der Waals surface area contributed by atoms with E-state index in [4.69, 9.17) is 21.4 Å². The fourth-order valence-electron chi connectivity index (χ4n) is 3.74. The van der Waals surface area contributed by atoms with E-state index in [0.717, 1.165) is 0 Å². The zero-order valence-corrected chi connectivity index (χ0v) is 20.8. The number of halogens is 1. The number of piperazine rings is 1. The normalized spacial score (nSPS) is 14.2. The third kappa shape index (κ3) is 7.14. The lowest BCUT2D eigenvalue weighted by Crippen LogP contribution is -2.56. The Hall–Kier alpha value is -3.73. The molecule has 36 heavy (non-hydrogen) atoms. The molecule has 1 aliphatic heterocycles. The summed E-state index contributed by atoms with van der Waals surface area (Å²) in [5.41, 5.74) is 1.20. The molecule has 2 aromatic rings. The molecule has 11 nitrogen and oxygen atoms in total. The Morgan fingerprint density at radius 1 is 1.11 bits per heavy atom. The zero-order valence-electron chi connectivity index (χ0n) is 20.1. The van der Waals surface area contributed by atoms with Gasteiger partial charge >= 0.3 is 12.1 Å². The number of ether oxygens (including phenoxy) is 1. The van der Waals surface area contributed by atoms with Gasteiger partial charge in [-0.2, -0.15) is 0 Å². The first-order valence-corrected chi connectivity index (χ1v) is 11.9. The zero-order chi connectivity index (χ0) is 26.2. The highest BCUT2D eigenvalue weighted by atomic mass is 35.5. The monoisotopic (exact) mass is 517 g/mol. The highest BCUT2D eigenvalue weighted by Gasteiger charge is 2.31. The number of hydrogen-bond donors (Lipinski definition) is 2. The van der Waals surface area contributed by atoms with E-state index in [2.05, 4.69) is 15.3 Å². The SMILES string of the molecule is CCOC(=O)N1CCN(C(=O)C(CCC(=O)O)NC(=O)c2cc(C)nc(-c3cccc(Cl)c3)n2)CC1. The van der Waals surface area contributed by atoms with Crippen LogP contribution in [0.1, 0.15) is 35.9 Å². The van der Waals surface area contributed by atoms with Crippen LogP contribution in [-0.4, -0.2) is 87.6 Å². The van der Waals surface area contributed by atoms with Crippen LogP contribution in [0.25, 0.3) is 11.4 Å². The predicted octanol–water partition coefficient (Wildman–Crippen LogP) is 2.37. The van der Waals surface area contributed by atoms with Gasteiger partial charge in [-0.3, -0.25) is 14.4 Å². The highest BCUT2D eigenvalue weighted by molar-refractivity contribution is 6.30. The van der Waals surface area contributed by atoms with Gasteiger partial charge in [0.05, 0.1) is 6.61 Å². The molecule has 1 aromatic heterocycles. The van der Waals surface area contributed by atoms with Crippen LogP contribution in [0.5, 0.6) is 0 Å². The van der Waals surface area contributed by atoms with Crippen molar-refractivity contribution >= 4 is 35.5 Å². The second-order valence-corrected chi connectivity index (χ2v) is 8.63. The Bertz CT molecular complexity index is 1140. The third-order valence-corrected chi connectivity index (χ3v) is 5.77. The van der Waals surface area contributed by atoms with Crippen molar-refractivity contribution in [2.45, 2.75) is 32.7 Å². The summed E-state index contributed by atoms with van der Waals surface area (Å²) in [6, 6.07) is 7.29. The second-order valence-electron chi connectivity index (χ2n) is 8.20. The van der Waals surface area contributed by atoms with E-state index < -0.39 is 29.9 Å². The van der Waals surface area contributed by atoms with Crippen LogP contribution in [-0.2, 0) is 14.3 Å². The molecule has 3 rings (SSSR count). The van der Waals surface area contributed by atoms with Crippen LogP contribution >= 0.6 is 11.6 Å². The molecule has 3 amide bonds. The number of aromatic nitrogens is 2. The predicted molar refractivity (Wildman–Crippen MR) is 131 cm³/mol. The van der Waals surface area contributed by atoms with E-state index >= 15 is 0 Å². The first-order valence-electron chi connectivity index (χ1n) is 11.5. The summed E-state index contributed by atoms with van der Waals surface area (Å²) < 4.78 is 4.99. The van der Waals surface area contributed by atoms with E-state index in [0.29, 0.717) is 22.1 Å². The number of benzene rings is 1. The Kier molecular flexibility index (Phi) is 9.18. The van der Waals surface area contributed by atoms with E-state index in [1.807, 2.05) is 0 Å². The quantitative estimate of drug-likeness (QED) is 0.543. The van der Waals surface area contributed by atoms with Crippen LogP contribution < -0.4 is 5.32 Å². The fraction of sp³-hybridized carbons (Fsp3) is 0.417. The molecule has 1 unspecified atom stereocenters.